The number of anilines is 6. The number of aliphatic carboxylic acids is 3. The summed E-state index contributed by atoms with van der Waals surface area (Å²) in [5.41, 5.74) is 11.1. The number of aromatic nitrogens is 6. The molecule has 6 saturated heterocycles. The van der Waals surface area contributed by atoms with Crippen LogP contribution >= 0.6 is 34.8 Å². The molecule has 21 nitrogen and oxygen atoms in total. The molecule has 4 aromatic carbocycles. The topological polar surface area (TPSA) is 245 Å². The number of carboxylic acids is 3. The molecular weight excluding hydrogens is 1480 g/mol. The largest absolute Gasteiger partial charge is 0.481 e. The van der Waals surface area contributed by atoms with E-state index in [0.717, 1.165) is 242 Å². The van der Waals surface area contributed by atoms with Gasteiger partial charge in [0.15, 0.2) is 0 Å². The van der Waals surface area contributed by atoms with E-state index in [0.29, 0.717) is 53.6 Å². The molecular formula is C89H116Cl3N15O6. The molecule has 0 amide bonds. The number of fused-ring (bicyclic) bond motifs is 2. The van der Waals surface area contributed by atoms with Crippen molar-refractivity contribution >= 4 is 98.9 Å². The zero-order valence-corrected chi connectivity index (χ0v) is 69.9. The van der Waals surface area contributed by atoms with Crippen molar-refractivity contribution in [1.82, 2.24) is 44.6 Å². The van der Waals surface area contributed by atoms with Gasteiger partial charge in [0.2, 0.25) is 17.8 Å². The second-order valence-corrected chi connectivity index (χ2v) is 37.2. The Morgan fingerprint density at radius 3 is 1.30 bits per heavy atom. The van der Waals surface area contributed by atoms with Crippen molar-refractivity contribution in [2.24, 2.45) is 52.3 Å². The van der Waals surface area contributed by atoms with Gasteiger partial charge in [-0.1, -0.05) is 83.3 Å². The van der Waals surface area contributed by atoms with Gasteiger partial charge >= 0.3 is 17.9 Å². The van der Waals surface area contributed by atoms with Gasteiger partial charge in [0, 0.05) is 114 Å². The number of hydrogen-bond acceptors (Lipinski definition) is 18. The molecule has 17 rings (SSSR count). The summed E-state index contributed by atoms with van der Waals surface area (Å²) < 4.78 is 0. The van der Waals surface area contributed by atoms with Gasteiger partial charge in [-0.2, -0.15) is 15.0 Å². The molecule has 6 aliphatic heterocycles. The molecule has 0 radical (unpaired) electrons. The SMILES string of the molecule is Cc1ccc([C@@H](C)Nc2nc(N3CC([C@H]4CCCN(C5CC(C(=O)O)C5)C4)C3)nc3ccccc23)c(Cl)c1.Cc1ccc([C@@H](C)Nc2nc(N3CC([C@H]4CCCN(C5CC(C)(C(=O)O)C5)C4)C3)nc(C)c2C)c(Cl)c1.Cc1ccc([C@@H](C)Nc2nc(N3CC([C@H]4CCCN(C5CC(C)(C(=O)O)C5)C4)C3)nc3c2CCC3)c(Cl)c1. The molecule has 9 fully saturated rings. The minimum Gasteiger partial charge on any atom is -0.481 e. The van der Waals surface area contributed by atoms with Crippen molar-refractivity contribution in [2.75, 3.05) is 109 Å². The fourth-order valence-electron chi connectivity index (χ4n) is 19.8. The average molecular weight is 1600 g/mol. The first-order valence-corrected chi connectivity index (χ1v) is 43.0. The van der Waals surface area contributed by atoms with Crippen molar-refractivity contribution in [3.63, 3.8) is 0 Å². The first-order chi connectivity index (χ1) is 54.1. The Labute approximate surface area is 682 Å². The van der Waals surface area contributed by atoms with Crippen LogP contribution in [0.5, 0.6) is 0 Å². The van der Waals surface area contributed by atoms with E-state index in [4.69, 9.17) is 64.7 Å². The van der Waals surface area contributed by atoms with Crippen LogP contribution < -0.4 is 30.7 Å². The van der Waals surface area contributed by atoms with Gasteiger partial charge in [0.25, 0.3) is 0 Å². The highest BCUT2D eigenvalue weighted by molar-refractivity contribution is 6.32. The molecule has 24 heteroatoms. The van der Waals surface area contributed by atoms with Crippen LogP contribution in [0.1, 0.15) is 192 Å². The molecule has 7 aromatic rings. The predicted molar refractivity (Wildman–Crippen MR) is 451 cm³/mol. The fourth-order valence-corrected chi connectivity index (χ4v) is 21.0. The molecule has 3 aromatic heterocycles. The predicted octanol–water partition coefficient (Wildman–Crippen LogP) is 16.9. The third-order valence-electron chi connectivity index (χ3n) is 27.7. The number of halogens is 3. The van der Waals surface area contributed by atoms with Crippen molar-refractivity contribution in [2.45, 2.75) is 202 Å². The molecule has 9 heterocycles. The summed E-state index contributed by atoms with van der Waals surface area (Å²) in [4.78, 5) is 78.7. The van der Waals surface area contributed by atoms with Gasteiger partial charge in [-0.25, -0.2) is 15.0 Å². The Bertz CT molecular complexity index is 4650. The lowest BCUT2D eigenvalue weighted by Crippen LogP contribution is -2.58. The monoisotopic (exact) mass is 1600 g/mol. The van der Waals surface area contributed by atoms with Crippen LogP contribution in [-0.2, 0) is 27.2 Å². The standard InChI is InChI=1S/C30H40ClN5O2.C30H36ClN5O2.C29H40ClN5O2/c1-18-9-10-23(25(31)12-18)19(2)32-27-24-7-4-8-26(24)33-29(34-27)36-16-21(17-36)20-6-5-11-35(15-20)22-13-30(3,14-22)28(37)38;1-18-9-10-24(26(31)12-18)19(2)32-28-25-7-3-4-8-27(25)33-30(34-28)36-16-22(17-36)20-6-5-11-35(15-20)23-13-21(14-23)29(37)38;1-17-8-9-24(25(30)11-17)20(4)31-26-18(2)19(3)32-28(33-26)35-15-22(16-35)21-7-6-10-34(14-21)23-12-29(5,13-23)27(36)37/h9-10,12,19-22H,4-8,11,13-17H2,1-3H3,(H,37,38)(H,32,33,34);3-4,7-10,12,19-23H,5-6,11,13-17H2,1-2H3,(H,37,38)(H,32,33,34);8-9,11,20-23H,6-7,10,12-16H2,1-5H3,(H,36,37)(H,31,32,33)/t19-,20+,22?,30?;19-,20+,21?,23?;20-,21+,23?,29?/m111/s1. The Morgan fingerprint density at radius 2 is 0.858 bits per heavy atom. The maximum absolute atomic E-state index is 11.5. The third-order valence-corrected chi connectivity index (χ3v) is 28.6. The zero-order chi connectivity index (χ0) is 79.5. The van der Waals surface area contributed by atoms with E-state index in [1.165, 1.54) is 49.8 Å². The molecule has 0 spiro atoms. The van der Waals surface area contributed by atoms with Gasteiger partial charge in [-0.05, 0) is 284 Å². The van der Waals surface area contributed by atoms with Crippen LogP contribution in [0.4, 0.5) is 35.3 Å². The van der Waals surface area contributed by atoms with Crippen LogP contribution in [0.25, 0.3) is 10.9 Å². The van der Waals surface area contributed by atoms with Crippen LogP contribution in [0.3, 0.4) is 0 Å². The second kappa shape index (κ2) is 33.5. The number of nitrogens with zero attached hydrogens (tertiary/aromatic N) is 12. The molecule has 6 atom stereocenters. The summed E-state index contributed by atoms with van der Waals surface area (Å²) in [7, 11) is 0. The molecule has 0 unspecified atom stereocenters. The maximum Gasteiger partial charge on any atom is 0.309 e. The number of hydrogen-bond donors (Lipinski definition) is 6. The Balaban J connectivity index is 0.000000134. The molecule has 10 aliphatic rings. The van der Waals surface area contributed by atoms with E-state index in [9.17, 15) is 29.7 Å². The van der Waals surface area contributed by atoms with Gasteiger partial charge in [0.05, 0.1) is 46.1 Å². The summed E-state index contributed by atoms with van der Waals surface area (Å²) >= 11 is 19.7. The van der Waals surface area contributed by atoms with E-state index < -0.39 is 28.7 Å². The molecule has 3 saturated carbocycles. The number of benzene rings is 4. The number of nitrogens with one attached hydrogen (secondary N) is 3. The number of piperidine rings is 3. The number of carbonyl (C=O) groups is 3. The Morgan fingerprint density at radius 1 is 0.460 bits per heavy atom. The lowest BCUT2D eigenvalue weighted by atomic mass is 9.65. The van der Waals surface area contributed by atoms with Gasteiger partial charge in [-0.3, -0.25) is 14.4 Å². The van der Waals surface area contributed by atoms with Gasteiger partial charge in [0.1, 0.15) is 17.5 Å². The minimum absolute atomic E-state index is 0.00107. The van der Waals surface area contributed by atoms with E-state index in [2.05, 4.69) is 135 Å². The van der Waals surface area contributed by atoms with Crippen molar-refractivity contribution in [1.29, 1.82) is 0 Å². The Hall–Kier alpha value is -7.66. The second-order valence-electron chi connectivity index (χ2n) is 36.0. The highest BCUT2D eigenvalue weighted by Gasteiger charge is 2.52. The summed E-state index contributed by atoms with van der Waals surface area (Å²) in [6.45, 7) is 33.0. The highest BCUT2D eigenvalue weighted by Crippen LogP contribution is 2.49. The maximum atomic E-state index is 11.5. The molecule has 113 heavy (non-hydrogen) atoms. The van der Waals surface area contributed by atoms with Crippen LogP contribution in [0, 0.1) is 86.9 Å². The quantitative estimate of drug-likeness (QED) is 0.0392. The summed E-state index contributed by atoms with van der Waals surface area (Å²) in [6, 6.07) is 28.2. The van der Waals surface area contributed by atoms with Crippen molar-refractivity contribution < 1.29 is 29.7 Å². The summed E-state index contributed by atoms with van der Waals surface area (Å²) in [5.74, 6) is 6.95. The number of carboxylic acid groups (broad SMARTS) is 3. The lowest BCUT2D eigenvalue weighted by Gasteiger charge is -2.52. The first-order valence-electron chi connectivity index (χ1n) is 41.9. The zero-order valence-electron chi connectivity index (χ0n) is 67.7. The van der Waals surface area contributed by atoms with Crippen LogP contribution in [0.15, 0.2) is 78.9 Å². The third kappa shape index (κ3) is 17.4. The van der Waals surface area contributed by atoms with Crippen molar-refractivity contribution in [3.8, 4) is 0 Å². The van der Waals surface area contributed by atoms with Gasteiger partial charge in [-0.15, -0.1) is 0 Å². The van der Waals surface area contributed by atoms with Crippen LogP contribution in [-0.4, -0.2) is 174 Å². The van der Waals surface area contributed by atoms with Crippen molar-refractivity contribution in [3.05, 3.63) is 150 Å². The molecule has 6 N–H and O–H groups in total. The summed E-state index contributed by atoms with van der Waals surface area (Å²) in [6.07, 6.45) is 15.3. The van der Waals surface area contributed by atoms with Gasteiger partial charge < -0.3 is 60.7 Å². The Kier molecular flexibility index (Phi) is 23.9. The normalized spacial score (nSPS) is 26.9. The fraction of sp³-hybridized carbons (Fsp3) is 0.584. The van der Waals surface area contributed by atoms with E-state index in [1.807, 2.05) is 58.0 Å². The summed E-state index contributed by atoms with van der Waals surface area (Å²) in [5, 5.41) is 42.4. The number of para-hydroxylation sites is 1. The number of rotatable bonds is 21. The number of likely N-dealkylation sites (tertiary alicyclic amines) is 3. The van der Waals surface area contributed by atoms with E-state index in [-0.39, 0.29) is 24.0 Å². The molecule has 0 bridgehead atoms. The minimum atomic E-state index is -0.648. The molecule has 604 valence electrons. The molecule has 4 aliphatic carbocycles. The average Bonchev–Trinajstić information content (AvgIpc) is 1.51. The lowest BCUT2D eigenvalue weighted by molar-refractivity contribution is -0.159. The van der Waals surface area contributed by atoms with E-state index >= 15 is 0 Å². The van der Waals surface area contributed by atoms with E-state index in [1.54, 1.807) is 0 Å². The van der Waals surface area contributed by atoms with Crippen LogP contribution in [0.2, 0.25) is 15.1 Å². The number of aryl methyl sites for hydroxylation is 5. The smallest absolute Gasteiger partial charge is 0.309 e. The first kappa shape index (κ1) is 80.5. The highest BCUT2D eigenvalue weighted by atomic mass is 35.5.